The minimum absolute atomic E-state index is 0.215. The number of para-hydroxylation sites is 1. The summed E-state index contributed by atoms with van der Waals surface area (Å²) in [7, 11) is 0. The van der Waals surface area contributed by atoms with E-state index in [1.165, 1.54) is 11.3 Å². The number of furan rings is 1. The standard InChI is InChI=1S/C19H15N3O4S2/c1-12(21-22-19-20-15-7-2-3-8-18(15)27-19)16-9-10-17(25-16)13-5-4-6-14(11-13)26-28(23)24/h2-12H,1H3,(H,23,24)/p-1. The quantitative estimate of drug-likeness (QED) is 0.304. The molecule has 0 aliphatic rings. The summed E-state index contributed by atoms with van der Waals surface area (Å²) in [4.78, 5) is 4.43. The number of thiazole rings is 1. The van der Waals surface area contributed by atoms with E-state index in [1.54, 1.807) is 30.3 Å². The molecule has 7 nitrogen and oxygen atoms in total. The summed E-state index contributed by atoms with van der Waals surface area (Å²) in [5.41, 5.74) is 1.60. The number of azo groups is 1. The minimum Gasteiger partial charge on any atom is -0.740 e. The van der Waals surface area contributed by atoms with E-state index in [9.17, 15) is 8.76 Å². The van der Waals surface area contributed by atoms with Crippen LogP contribution < -0.4 is 4.18 Å². The number of rotatable bonds is 6. The van der Waals surface area contributed by atoms with Crippen molar-refractivity contribution in [3.63, 3.8) is 0 Å². The molecule has 0 saturated carbocycles. The molecule has 0 saturated heterocycles. The molecule has 2 atom stereocenters. The van der Waals surface area contributed by atoms with Gasteiger partial charge in [0, 0.05) is 5.56 Å². The van der Waals surface area contributed by atoms with Gasteiger partial charge in [-0.2, -0.15) is 5.11 Å². The van der Waals surface area contributed by atoms with Crippen molar-refractivity contribution in [3.8, 4) is 17.1 Å². The van der Waals surface area contributed by atoms with Gasteiger partial charge in [0.15, 0.2) is 0 Å². The Morgan fingerprint density at radius 2 is 2.04 bits per heavy atom. The van der Waals surface area contributed by atoms with Gasteiger partial charge in [0.1, 0.15) is 34.7 Å². The smallest absolute Gasteiger partial charge is 0.230 e. The zero-order chi connectivity index (χ0) is 19.5. The number of fused-ring (bicyclic) bond motifs is 1. The van der Waals surface area contributed by atoms with E-state index in [2.05, 4.69) is 19.4 Å². The predicted octanol–water partition coefficient (Wildman–Crippen LogP) is 5.57. The van der Waals surface area contributed by atoms with Crippen molar-refractivity contribution >= 4 is 38.0 Å². The number of hydrogen-bond acceptors (Lipinski definition) is 8. The Labute approximate surface area is 167 Å². The molecule has 9 heteroatoms. The number of hydrogen-bond donors (Lipinski definition) is 0. The monoisotopic (exact) mass is 412 g/mol. The highest BCUT2D eigenvalue weighted by molar-refractivity contribution is 7.74. The number of nitrogens with zero attached hydrogens (tertiary/aromatic N) is 3. The molecule has 2 unspecified atom stereocenters. The van der Waals surface area contributed by atoms with E-state index in [4.69, 9.17) is 4.42 Å². The summed E-state index contributed by atoms with van der Waals surface area (Å²) in [5.74, 6) is 1.44. The van der Waals surface area contributed by atoms with Crippen molar-refractivity contribution in [2.45, 2.75) is 13.0 Å². The first-order chi connectivity index (χ1) is 13.6. The van der Waals surface area contributed by atoms with Crippen LogP contribution in [0, 0.1) is 0 Å². The maximum atomic E-state index is 10.7. The SMILES string of the molecule is CC(N=Nc1nc2ccccc2s1)c1ccc(-c2cccc(OS(=O)[O-])c2)o1. The molecule has 142 valence electrons. The summed E-state index contributed by atoms with van der Waals surface area (Å²) in [5, 5.41) is 9.12. The lowest BCUT2D eigenvalue weighted by Gasteiger charge is -2.07. The lowest BCUT2D eigenvalue weighted by atomic mass is 10.2. The Morgan fingerprint density at radius 1 is 1.18 bits per heavy atom. The molecule has 0 bridgehead atoms. The first-order valence-electron chi connectivity index (χ1n) is 8.33. The fraction of sp³-hybridized carbons (Fsp3) is 0.105. The summed E-state index contributed by atoms with van der Waals surface area (Å²) >= 11 is -1.15. The van der Waals surface area contributed by atoms with Crippen LogP contribution >= 0.6 is 11.3 Å². The van der Waals surface area contributed by atoms with Crippen LogP contribution in [-0.2, 0) is 11.4 Å². The molecule has 0 aliphatic carbocycles. The molecule has 4 rings (SSSR count). The molecule has 0 N–H and O–H groups in total. The molecule has 2 aromatic carbocycles. The van der Waals surface area contributed by atoms with E-state index < -0.39 is 11.4 Å². The van der Waals surface area contributed by atoms with Gasteiger partial charge in [-0.05, 0) is 43.3 Å². The highest BCUT2D eigenvalue weighted by Crippen LogP contribution is 2.32. The molecule has 2 aromatic heterocycles. The van der Waals surface area contributed by atoms with Gasteiger partial charge < -0.3 is 13.2 Å². The van der Waals surface area contributed by atoms with Crippen molar-refractivity contribution in [2.24, 2.45) is 10.2 Å². The van der Waals surface area contributed by atoms with E-state index in [1.807, 2.05) is 37.3 Å². The molecular formula is C19H14N3O4S2-. The number of benzene rings is 2. The second kappa shape index (κ2) is 8.01. The predicted molar refractivity (Wildman–Crippen MR) is 106 cm³/mol. The van der Waals surface area contributed by atoms with Crippen molar-refractivity contribution < 1.29 is 17.4 Å². The Balaban J connectivity index is 1.51. The molecule has 4 aromatic rings. The highest BCUT2D eigenvalue weighted by atomic mass is 32.2. The van der Waals surface area contributed by atoms with Crippen molar-refractivity contribution in [3.05, 3.63) is 66.4 Å². The molecule has 2 heterocycles. The van der Waals surface area contributed by atoms with Gasteiger partial charge in [0.05, 0.1) is 10.2 Å². The van der Waals surface area contributed by atoms with Crippen LogP contribution in [0.2, 0.25) is 0 Å². The Hall–Kier alpha value is -2.88. The van der Waals surface area contributed by atoms with Gasteiger partial charge in [-0.1, -0.05) is 35.6 Å². The van der Waals surface area contributed by atoms with Gasteiger partial charge in [-0.3, -0.25) is 0 Å². The maximum Gasteiger partial charge on any atom is 0.230 e. The fourth-order valence-corrected chi connectivity index (χ4v) is 3.66. The van der Waals surface area contributed by atoms with E-state index >= 15 is 0 Å². The zero-order valence-electron chi connectivity index (χ0n) is 14.6. The van der Waals surface area contributed by atoms with Crippen molar-refractivity contribution in [1.82, 2.24) is 4.98 Å². The maximum absolute atomic E-state index is 10.7. The molecule has 0 amide bonds. The van der Waals surface area contributed by atoms with Crippen molar-refractivity contribution in [1.29, 1.82) is 0 Å². The average Bonchev–Trinajstić information content (AvgIpc) is 3.33. The van der Waals surface area contributed by atoms with E-state index in [0.717, 1.165) is 10.2 Å². The van der Waals surface area contributed by atoms with E-state index in [-0.39, 0.29) is 11.8 Å². The lowest BCUT2D eigenvalue weighted by molar-refractivity contribution is 0.440. The number of aromatic nitrogens is 1. The third-order valence-corrected chi connectivity index (χ3v) is 5.17. The largest absolute Gasteiger partial charge is 0.740 e. The van der Waals surface area contributed by atoms with Gasteiger partial charge in [-0.25, -0.2) is 9.19 Å². The molecule has 0 radical (unpaired) electrons. The summed E-state index contributed by atoms with van der Waals surface area (Å²) in [6.45, 7) is 1.87. The van der Waals surface area contributed by atoms with Crippen molar-refractivity contribution in [2.75, 3.05) is 0 Å². The molecule has 0 aliphatic heterocycles. The molecule has 28 heavy (non-hydrogen) atoms. The fourth-order valence-electron chi connectivity index (χ4n) is 2.61. The van der Waals surface area contributed by atoms with Crippen LogP contribution in [-0.4, -0.2) is 13.7 Å². The Kier molecular flexibility index (Phi) is 5.29. The summed E-state index contributed by atoms with van der Waals surface area (Å²) in [6.07, 6.45) is 0. The zero-order valence-corrected chi connectivity index (χ0v) is 16.3. The minimum atomic E-state index is -2.62. The van der Waals surface area contributed by atoms with Crippen LogP contribution in [0.25, 0.3) is 21.5 Å². The highest BCUT2D eigenvalue weighted by Gasteiger charge is 2.12. The third kappa shape index (κ3) is 4.16. The third-order valence-electron chi connectivity index (χ3n) is 3.92. The van der Waals surface area contributed by atoms with Gasteiger partial charge in [0.25, 0.3) is 0 Å². The second-order valence-electron chi connectivity index (χ2n) is 5.87. The first-order valence-corrected chi connectivity index (χ1v) is 10.1. The second-order valence-corrected chi connectivity index (χ2v) is 7.46. The van der Waals surface area contributed by atoms with E-state index in [0.29, 0.717) is 22.2 Å². The summed E-state index contributed by atoms with van der Waals surface area (Å²) < 4.78 is 33.0. The molecular weight excluding hydrogens is 398 g/mol. The lowest BCUT2D eigenvalue weighted by Crippen LogP contribution is -1.97. The average molecular weight is 412 g/mol. The Morgan fingerprint density at radius 3 is 2.86 bits per heavy atom. The Bertz CT molecular complexity index is 1140. The first kappa shape index (κ1) is 18.5. The molecule has 0 spiro atoms. The van der Waals surface area contributed by atoms with Crippen LogP contribution in [0.4, 0.5) is 5.13 Å². The van der Waals surface area contributed by atoms with Crippen LogP contribution in [0.15, 0.2) is 75.3 Å². The van der Waals surface area contributed by atoms with Crippen LogP contribution in [0.1, 0.15) is 18.7 Å². The topological polar surface area (TPSA) is 100 Å². The van der Waals surface area contributed by atoms with Gasteiger partial charge >= 0.3 is 0 Å². The van der Waals surface area contributed by atoms with Crippen LogP contribution in [0.3, 0.4) is 0 Å². The van der Waals surface area contributed by atoms with Gasteiger partial charge in [-0.15, -0.1) is 5.11 Å². The summed E-state index contributed by atoms with van der Waals surface area (Å²) in [6, 6.07) is 17.8. The van der Waals surface area contributed by atoms with Crippen LogP contribution in [0.5, 0.6) is 5.75 Å². The van der Waals surface area contributed by atoms with Gasteiger partial charge in [0.2, 0.25) is 5.13 Å². The molecule has 0 fully saturated rings. The normalized spacial score (nSPS) is 13.8.